The van der Waals surface area contributed by atoms with Crippen LogP contribution in [0.15, 0.2) is 90.0 Å². The standard InChI is InChI=1S/C30H26ClN3O5/c1-2-17-38-24-14-9-21(10-15-24)29(36)32-19-28(35)34-33-18-26-25-6-4-3-5-20(25)11-16-27(26)39-30(37)22-7-12-23(31)13-8-22/h3-16,18H,2,17,19H2,1H3,(H,32,36)(H,34,35)/b33-18+. The van der Waals surface area contributed by atoms with Crippen molar-refractivity contribution in [3.8, 4) is 11.5 Å². The van der Waals surface area contributed by atoms with E-state index in [-0.39, 0.29) is 12.3 Å². The number of esters is 1. The average Bonchev–Trinajstić information content (AvgIpc) is 2.96. The minimum Gasteiger partial charge on any atom is -0.494 e. The summed E-state index contributed by atoms with van der Waals surface area (Å²) in [6.07, 6.45) is 2.29. The number of ether oxygens (including phenoxy) is 2. The van der Waals surface area contributed by atoms with E-state index < -0.39 is 17.8 Å². The Morgan fingerprint density at radius 3 is 2.36 bits per heavy atom. The van der Waals surface area contributed by atoms with Gasteiger partial charge in [-0.15, -0.1) is 0 Å². The van der Waals surface area contributed by atoms with Crippen molar-refractivity contribution >= 4 is 46.4 Å². The molecule has 0 saturated carbocycles. The molecule has 4 aromatic carbocycles. The summed E-state index contributed by atoms with van der Waals surface area (Å²) >= 11 is 5.91. The second kappa shape index (κ2) is 13.2. The molecule has 9 heteroatoms. The number of hydrogen-bond donors (Lipinski definition) is 2. The van der Waals surface area contributed by atoms with Crippen LogP contribution in [0.1, 0.15) is 39.6 Å². The van der Waals surface area contributed by atoms with Crippen molar-refractivity contribution in [3.05, 3.63) is 107 Å². The fraction of sp³-hybridized carbons (Fsp3) is 0.133. The van der Waals surface area contributed by atoms with E-state index in [1.165, 1.54) is 6.21 Å². The molecule has 0 aromatic heterocycles. The van der Waals surface area contributed by atoms with Crippen LogP contribution in [0.5, 0.6) is 11.5 Å². The van der Waals surface area contributed by atoms with Crippen LogP contribution in [0.4, 0.5) is 0 Å². The van der Waals surface area contributed by atoms with Gasteiger partial charge in [-0.3, -0.25) is 9.59 Å². The van der Waals surface area contributed by atoms with Crippen molar-refractivity contribution in [2.75, 3.05) is 13.2 Å². The first-order valence-corrected chi connectivity index (χ1v) is 12.6. The third kappa shape index (κ3) is 7.43. The number of rotatable bonds is 10. The second-order valence-electron chi connectivity index (χ2n) is 8.44. The molecule has 4 aromatic rings. The van der Waals surface area contributed by atoms with Gasteiger partial charge in [-0.25, -0.2) is 10.2 Å². The molecule has 2 N–H and O–H groups in total. The smallest absolute Gasteiger partial charge is 0.343 e. The highest BCUT2D eigenvalue weighted by molar-refractivity contribution is 6.30. The average molecular weight is 544 g/mol. The van der Waals surface area contributed by atoms with E-state index >= 15 is 0 Å². The monoisotopic (exact) mass is 543 g/mol. The van der Waals surface area contributed by atoms with E-state index in [1.807, 2.05) is 37.3 Å². The molecule has 0 heterocycles. The number of amides is 2. The van der Waals surface area contributed by atoms with Crippen molar-refractivity contribution in [2.24, 2.45) is 5.10 Å². The zero-order valence-electron chi connectivity index (χ0n) is 21.1. The number of hydrogen-bond acceptors (Lipinski definition) is 6. The normalized spacial score (nSPS) is 10.8. The highest BCUT2D eigenvalue weighted by Crippen LogP contribution is 2.27. The van der Waals surface area contributed by atoms with Gasteiger partial charge >= 0.3 is 5.97 Å². The molecule has 198 valence electrons. The lowest BCUT2D eigenvalue weighted by Gasteiger charge is -2.11. The molecule has 0 bridgehead atoms. The lowest BCUT2D eigenvalue weighted by molar-refractivity contribution is -0.120. The molecule has 0 atom stereocenters. The fourth-order valence-electron chi connectivity index (χ4n) is 3.64. The third-order valence-corrected chi connectivity index (χ3v) is 5.85. The number of carbonyl (C=O) groups is 3. The molecule has 0 spiro atoms. The van der Waals surface area contributed by atoms with Crippen LogP contribution >= 0.6 is 11.6 Å². The Kier molecular flexibility index (Phi) is 9.26. The molecule has 0 aliphatic carbocycles. The van der Waals surface area contributed by atoms with E-state index in [2.05, 4.69) is 15.8 Å². The summed E-state index contributed by atoms with van der Waals surface area (Å²) < 4.78 is 11.2. The van der Waals surface area contributed by atoms with E-state index in [0.29, 0.717) is 34.1 Å². The van der Waals surface area contributed by atoms with Gasteiger partial charge in [0.15, 0.2) is 0 Å². The van der Waals surface area contributed by atoms with Gasteiger partial charge in [0.1, 0.15) is 11.5 Å². The molecule has 0 radical (unpaired) electrons. The minimum absolute atomic E-state index is 0.270. The SMILES string of the molecule is CCCOc1ccc(C(=O)NCC(=O)N/N=C/c2c(OC(=O)c3ccc(Cl)cc3)ccc3ccccc23)cc1. The summed E-state index contributed by atoms with van der Waals surface area (Å²) in [5.74, 6) is -0.546. The number of benzene rings is 4. The maximum absolute atomic E-state index is 12.7. The summed E-state index contributed by atoms with van der Waals surface area (Å²) in [5.41, 5.74) is 3.64. The van der Waals surface area contributed by atoms with Crippen LogP contribution in [0.3, 0.4) is 0 Å². The van der Waals surface area contributed by atoms with Crippen LogP contribution < -0.4 is 20.2 Å². The van der Waals surface area contributed by atoms with Gasteiger partial charge in [0, 0.05) is 16.1 Å². The summed E-state index contributed by atoms with van der Waals surface area (Å²) in [6.45, 7) is 2.32. The maximum atomic E-state index is 12.7. The van der Waals surface area contributed by atoms with Gasteiger partial charge in [0.25, 0.3) is 11.8 Å². The molecule has 0 unspecified atom stereocenters. The summed E-state index contributed by atoms with van der Waals surface area (Å²) in [5, 5.41) is 8.77. The van der Waals surface area contributed by atoms with Gasteiger partial charge in [0.05, 0.1) is 24.9 Å². The molecule has 0 aliphatic heterocycles. The number of fused-ring (bicyclic) bond motifs is 1. The Labute approximate surface area is 230 Å². The van der Waals surface area contributed by atoms with Crippen LogP contribution in [-0.4, -0.2) is 37.1 Å². The molecular formula is C30H26ClN3O5. The van der Waals surface area contributed by atoms with Crippen LogP contribution in [0.25, 0.3) is 10.8 Å². The van der Waals surface area contributed by atoms with Crippen molar-refractivity contribution in [1.29, 1.82) is 0 Å². The predicted molar refractivity (Wildman–Crippen MR) is 151 cm³/mol. The molecule has 0 fully saturated rings. The fourth-order valence-corrected chi connectivity index (χ4v) is 3.76. The Morgan fingerprint density at radius 1 is 0.897 bits per heavy atom. The Balaban J connectivity index is 1.40. The van der Waals surface area contributed by atoms with E-state index in [9.17, 15) is 14.4 Å². The van der Waals surface area contributed by atoms with Crippen molar-refractivity contribution < 1.29 is 23.9 Å². The zero-order valence-corrected chi connectivity index (χ0v) is 21.9. The molecular weight excluding hydrogens is 518 g/mol. The Bertz CT molecular complexity index is 1500. The first-order valence-electron chi connectivity index (χ1n) is 12.3. The van der Waals surface area contributed by atoms with Gasteiger partial charge in [0.2, 0.25) is 0 Å². The number of nitrogens with one attached hydrogen (secondary N) is 2. The van der Waals surface area contributed by atoms with Gasteiger partial charge in [-0.05, 0) is 71.8 Å². The predicted octanol–water partition coefficient (Wildman–Crippen LogP) is 5.38. The summed E-state index contributed by atoms with van der Waals surface area (Å²) in [7, 11) is 0. The molecule has 0 saturated heterocycles. The topological polar surface area (TPSA) is 106 Å². The lowest BCUT2D eigenvalue weighted by atomic mass is 10.0. The lowest BCUT2D eigenvalue weighted by Crippen LogP contribution is -2.34. The third-order valence-electron chi connectivity index (χ3n) is 5.60. The largest absolute Gasteiger partial charge is 0.494 e. The van der Waals surface area contributed by atoms with Crippen LogP contribution in [0, 0.1) is 0 Å². The van der Waals surface area contributed by atoms with E-state index in [1.54, 1.807) is 54.6 Å². The first-order chi connectivity index (χ1) is 18.9. The highest BCUT2D eigenvalue weighted by atomic mass is 35.5. The molecule has 0 aliphatic rings. The summed E-state index contributed by atoms with van der Waals surface area (Å²) in [6, 6.07) is 24.0. The van der Waals surface area contributed by atoms with Crippen LogP contribution in [0.2, 0.25) is 5.02 Å². The number of nitrogens with zero attached hydrogens (tertiary/aromatic N) is 1. The maximum Gasteiger partial charge on any atom is 0.343 e. The molecule has 2 amide bonds. The van der Waals surface area contributed by atoms with E-state index in [0.717, 1.165) is 17.2 Å². The van der Waals surface area contributed by atoms with Gasteiger partial charge in [-0.2, -0.15) is 5.10 Å². The van der Waals surface area contributed by atoms with Crippen LogP contribution in [-0.2, 0) is 4.79 Å². The summed E-state index contributed by atoms with van der Waals surface area (Å²) in [4.78, 5) is 37.4. The Hall–Kier alpha value is -4.69. The van der Waals surface area contributed by atoms with Crippen molar-refractivity contribution in [2.45, 2.75) is 13.3 Å². The second-order valence-corrected chi connectivity index (χ2v) is 8.88. The highest BCUT2D eigenvalue weighted by Gasteiger charge is 2.14. The minimum atomic E-state index is -0.562. The van der Waals surface area contributed by atoms with Crippen molar-refractivity contribution in [1.82, 2.24) is 10.7 Å². The number of hydrazone groups is 1. The quantitative estimate of drug-likeness (QED) is 0.121. The van der Waals surface area contributed by atoms with Gasteiger partial charge in [-0.1, -0.05) is 48.9 Å². The zero-order chi connectivity index (χ0) is 27.6. The molecule has 39 heavy (non-hydrogen) atoms. The number of carbonyl (C=O) groups excluding carboxylic acids is 3. The van der Waals surface area contributed by atoms with Crippen molar-refractivity contribution in [3.63, 3.8) is 0 Å². The number of halogens is 1. The molecule has 4 rings (SSSR count). The first kappa shape index (κ1) is 27.3. The molecule has 8 nitrogen and oxygen atoms in total. The Morgan fingerprint density at radius 2 is 1.62 bits per heavy atom. The van der Waals surface area contributed by atoms with E-state index in [4.69, 9.17) is 21.1 Å². The van der Waals surface area contributed by atoms with Gasteiger partial charge < -0.3 is 14.8 Å².